The van der Waals surface area contributed by atoms with Crippen LogP contribution in [0, 0.1) is 6.92 Å². The molecular weight excluding hydrogens is 340 g/mol. The zero-order chi connectivity index (χ0) is 13.9. The van der Waals surface area contributed by atoms with Crippen LogP contribution in [0.15, 0.2) is 22.1 Å². The van der Waals surface area contributed by atoms with Crippen LogP contribution in [0.5, 0.6) is 5.75 Å². The van der Waals surface area contributed by atoms with Gasteiger partial charge in [-0.1, -0.05) is 0 Å². The molecule has 20 heavy (non-hydrogen) atoms. The van der Waals surface area contributed by atoms with E-state index < -0.39 is 0 Å². The van der Waals surface area contributed by atoms with Crippen molar-refractivity contribution in [3.05, 3.63) is 27.8 Å². The van der Waals surface area contributed by atoms with Gasteiger partial charge in [-0.05, 0) is 41.9 Å². The Bertz CT molecular complexity index is 598. The first-order valence-corrected chi connectivity index (χ1v) is 8.10. The molecule has 0 amide bonds. The molecule has 0 radical (unpaired) electrons. The number of aromatic nitrogens is 2. The van der Waals surface area contributed by atoms with Crippen LogP contribution in [-0.4, -0.2) is 29.2 Å². The van der Waals surface area contributed by atoms with E-state index in [0.29, 0.717) is 5.82 Å². The predicted molar refractivity (Wildman–Crippen MR) is 84.0 cm³/mol. The van der Waals surface area contributed by atoms with Gasteiger partial charge in [0, 0.05) is 22.6 Å². The van der Waals surface area contributed by atoms with Crippen molar-refractivity contribution >= 4 is 38.2 Å². The molecule has 1 saturated heterocycles. The largest absolute Gasteiger partial charge is 0.485 e. The SMILES string of the molecule is Cc1csc(Nc2ncc(Br)cc2OC2CCNC2)n1. The molecule has 0 aliphatic carbocycles. The smallest absolute Gasteiger partial charge is 0.188 e. The van der Waals surface area contributed by atoms with Crippen LogP contribution < -0.4 is 15.4 Å². The van der Waals surface area contributed by atoms with Crippen molar-refractivity contribution in [2.45, 2.75) is 19.4 Å². The van der Waals surface area contributed by atoms with E-state index >= 15 is 0 Å². The summed E-state index contributed by atoms with van der Waals surface area (Å²) in [5.74, 6) is 1.45. The molecule has 106 valence electrons. The Hall–Kier alpha value is -1.18. The van der Waals surface area contributed by atoms with Crippen molar-refractivity contribution in [3.63, 3.8) is 0 Å². The lowest BCUT2D eigenvalue weighted by molar-refractivity contribution is 0.223. The van der Waals surface area contributed by atoms with E-state index in [0.717, 1.165) is 40.6 Å². The van der Waals surface area contributed by atoms with Crippen LogP contribution in [0.4, 0.5) is 10.9 Å². The number of pyridine rings is 1. The monoisotopic (exact) mass is 354 g/mol. The van der Waals surface area contributed by atoms with Gasteiger partial charge in [0.15, 0.2) is 16.7 Å². The summed E-state index contributed by atoms with van der Waals surface area (Å²) in [6.45, 7) is 3.85. The van der Waals surface area contributed by atoms with Crippen LogP contribution in [0.25, 0.3) is 0 Å². The zero-order valence-electron chi connectivity index (χ0n) is 11.0. The zero-order valence-corrected chi connectivity index (χ0v) is 13.4. The van der Waals surface area contributed by atoms with Gasteiger partial charge in [-0.25, -0.2) is 9.97 Å². The first kappa shape index (κ1) is 13.8. The van der Waals surface area contributed by atoms with Gasteiger partial charge in [0.2, 0.25) is 0 Å². The molecule has 5 nitrogen and oxygen atoms in total. The predicted octanol–water partition coefficient (Wildman–Crippen LogP) is 3.09. The number of thiazole rings is 1. The Labute approximate surface area is 129 Å². The van der Waals surface area contributed by atoms with Crippen LogP contribution >= 0.6 is 27.3 Å². The molecule has 7 heteroatoms. The van der Waals surface area contributed by atoms with Crippen LogP contribution in [-0.2, 0) is 0 Å². The molecule has 2 aromatic heterocycles. The number of ether oxygens (including phenoxy) is 1. The van der Waals surface area contributed by atoms with Crippen molar-refractivity contribution in [1.82, 2.24) is 15.3 Å². The first-order valence-electron chi connectivity index (χ1n) is 6.43. The Morgan fingerprint density at radius 1 is 1.55 bits per heavy atom. The molecule has 0 saturated carbocycles. The third kappa shape index (κ3) is 3.28. The number of rotatable bonds is 4. The first-order chi connectivity index (χ1) is 9.70. The molecule has 1 fully saturated rings. The van der Waals surface area contributed by atoms with E-state index in [-0.39, 0.29) is 6.10 Å². The molecule has 0 bridgehead atoms. The molecule has 2 N–H and O–H groups in total. The fourth-order valence-corrected chi connectivity index (χ4v) is 3.02. The van der Waals surface area contributed by atoms with Crippen molar-refractivity contribution in [2.24, 2.45) is 0 Å². The number of nitrogens with one attached hydrogen (secondary N) is 2. The molecule has 1 unspecified atom stereocenters. The molecule has 1 atom stereocenters. The Kier molecular flexibility index (Phi) is 4.18. The maximum atomic E-state index is 6.03. The molecule has 1 aliphatic heterocycles. The van der Waals surface area contributed by atoms with Crippen molar-refractivity contribution in [3.8, 4) is 5.75 Å². The number of hydrogen-bond acceptors (Lipinski definition) is 6. The topological polar surface area (TPSA) is 59.1 Å². The highest BCUT2D eigenvalue weighted by Gasteiger charge is 2.18. The standard InChI is InChI=1S/C13H15BrN4OS/c1-8-7-20-13(17-8)18-12-11(4-9(14)5-16-12)19-10-2-3-15-6-10/h4-5,7,10,15H,2-3,6H2,1H3,(H,16,17,18). The van der Waals surface area contributed by atoms with Gasteiger partial charge in [0.1, 0.15) is 6.10 Å². The molecule has 0 aromatic carbocycles. The quantitative estimate of drug-likeness (QED) is 0.883. The van der Waals surface area contributed by atoms with Gasteiger partial charge in [-0.15, -0.1) is 11.3 Å². The van der Waals surface area contributed by atoms with Gasteiger partial charge in [0.25, 0.3) is 0 Å². The minimum Gasteiger partial charge on any atom is -0.485 e. The van der Waals surface area contributed by atoms with E-state index in [1.807, 2.05) is 18.4 Å². The third-order valence-electron chi connectivity index (χ3n) is 2.97. The number of halogens is 1. The maximum Gasteiger partial charge on any atom is 0.188 e. The average molecular weight is 355 g/mol. The number of hydrogen-bond donors (Lipinski definition) is 2. The van der Waals surface area contributed by atoms with Gasteiger partial charge in [-0.3, -0.25) is 0 Å². The van der Waals surface area contributed by atoms with E-state index in [9.17, 15) is 0 Å². The minimum atomic E-state index is 0.199. The summed E-state index contributed by atoms with van der Waals surface area (Å²) in [4.78, 5) is 8.78. The summed E-state index contributed by atoms with van der Waals surface area (Å²) in [7, 11) is 0. The summed E-state index contributed by atoms with van der Waals surface area (Å²) < 4.78 is 6.93. The minimum absolute atomic E-state index is 0.199. The Morgan fingerprint density at radius 2 is 2.45 bits per heavy atom. The molecule has 3 heterocycles. The normalized spacial score (nSPS) is 18.2. The molecular formula is C13H15BrN4OS. The highest BCUT2D eigenvalue weighted by atomic mass is 79.9. The van der Waals surface area contributed by atoms with E-state index in [4.69, 9.17) is 4.74 Å². The van der Waals surface area contributed by atoms with Crippen molar-refractivity contribution < 1.29 is 4.74 Å². The lowest BCUT2D eigenvalue weighted by Gasteiger charge is -2.15. The lowest BCUT2D eigenvalue weighted by Crippen LogP contribution is -2.20. The molecule has 0 spiro atoms. The second kappa shape index (κ2) is 6.07. The van der Waals surface area contributed by atoms with Crippen LogP contribution in [0.2, 0.25) is 0 Å². The second-order valence-electron chi connectivity index (χ2n) is 4.65. The summed E-state index contributed by atoms with van der Waals surface area (Å²) in [6.07, 6.45) is 2.97. The summed E-state index contributed by atoms with van der Waals surface area (Å²) in [6, 6.07) is 1.94. The second-order valence-corrected chi connectivity index (χ2v) is 6.43. The number of anilines is 2. The fraction of sp³-hybridized carbons (Fsp3) is 0.385. The highest BCUT2D eigenvalue weighted by Crippen LogP contribution is 2.30. The van der Waals surface area contributed by atoms with Gasteiger partial charge >= 0.3 is 0 Å². The molecule has 2 aromatic rings. The summed E-state index contributed by atoms with van der Waals surface area (Å²) in [5.41, 5.74) is 0.997. The Balaban J connectivity index is 1.81. The third-order valence-corrected chi connectivity index (χ3v) is 4.28. The fourth-order valence-electron chi connectivity index (χ4n) is 2.03. The average Bonchev–Trinajstić information content (AvgIpc) is 3.05. The van der Waals surface area contributed by atoms with Gasteiger partial charge < -0.3 is 15.4 Å². The van der Waals surface area contributed by atoms with Crippen molar-refractivity contribution in [1.29, 1.82) is 0 Å². The van der Waals surface area contributed by atoms with Crippen LogP contribution in [0.3, 0.4) is 0 Å². The lowest BCUT2D eigenvalue weighted by atomic mass is 10.3. The van der Waals surface area contributed by atoms with E-state index in [1.54, 1.807) is 17.5 Å². The Morgan fingerprint density at radius 3 is 3.15 bits per heavy atom. The number of nitrogens with zero attached hydrogens (tertiary/aromatic N) is 2. The number of aryl methyl sites for hydroxylation is 1. The maximum absolute atomic E-state index is 6.03. The van der Waals surface area contributed by atoms with Gasteiger partial charge in [0.05, 0.1) is 5.69 Å². The van der Waals surface area contributed by atoms with Gasteiger partial charge in [-0.2, -0.15) is 0 Å². The van der Waals surface area contributed by atoms with Crippen molar-refractivity contribution in [2.75, 3.05) is 18.4 Å². The van der Waals surface area contributed by atoms with E-state index in [2.05, 4.69) is 36.5 Å². The highest BCUT2D eigenvalue weighted by molar-refractivity contribution is 9.10. The summed E-state index contributed by atoms with van der Waals surface area (Å²) in [5, 5.41) is 9.34. The van der Waals surface area contributed by atoms with Crippen LogP contribution in [0.1, 0.15) is 12.1 Å². The molecule has 1 aliphatic rings. The van der Waals surface area contributed by atoms with E-state index in [1.165, 1.54) is 0 Å². The summed E-state index contributed by atoms with van der Waals surface area (Å²) >= 11 is 4.99. The molecule has 3 rings (SSSR count).